The molecular weight excluding hydrogens is 396 g/mol. The van der Waals surface area contributed by atoms with Crippen molar-refractivity contribution in [3.63, 3.8) is 0 Å². The van der Waals surface area contributed by atoms with Crippen LogP contribution in [0.4, 0.5) is 5.69 Å². The third kappa shape index (κ3) is 4.00. The molecule has 0 aliphatic carbocycles. The van der Waals surface area contributed by atoms with Crippen LogP contribution in [0, 0.1) is 0 Å². The van der Waals surface area contributed by atoms with Crippen LogP contribution in [0.25, 0.3) is 10.9 Å². The van der Waals surface area contributed by atoms with Crippen molar-refractivity contribution >= 4 is 26.6 Å². The predicted octanol–water partition coefficient (Wildman–Crippen LogP) is 5.03. The van der Waals surface area contributed by atoms with Crippen LogP contribution in [0.2, 0.25) is 0 Å². The zero-order chi connectivity index (χ0) is 21.0. The van der Waals surface area contributed by atoms with Gasteiger partial charge in [-0.3, -0.25) is 9.29 Å². The molecule has 4 rings (SSSR count). The lowest BCUT2D eigenvalue weighted by atomic mass is 10.2. The number of fused-ring (bicyclic) bond motifs is 1. The molecule has 0 aliphatic rings. The summed E-state index contributed by atoms with van der Waals surface area (Å²) in [7, 11) is -3.81. The Morgan fingerprint density at radius 1 is 0.900 bits per heavy atom. The van der Waals surface area contributed by atoms with Gasteiger partial charge in [-0.15, -0.1) is 0 Å². The maximum absolute atomic E-state index is 13.6. The largest absolute Gasteiger partial charge is 0.494 e. The van der Waals surface area contributed by atoms with Crippen molar-refractivity contribution < 1.29 is 13.2 Å². The Labute approximate surface area is 176 Å². The molecule has 0 N–H and O–H groups in total. The molecular formula is C24H22N2O3S. The van der Waals surface area contributed by atoms with Gasteiger partial charge in [-0.25, -0.2) is 8.42 Å². The first kappa shape index (κ1) is 19.9. The predicted molar refractivity (Wildman–Crippen MR) is 119 cm³/mol. The number of hydrogen-bond donors (Lipinski definition) is 0. The zero-order valence-corrected chi connectivity index (χ0v) is 17.4. The van der Waals surface area contributed by atoms with Crippen molar-refractivity contribution in [1.29, 1.82) is 0 Å². The van der Waals surface area contributed by atoms with Crippen molar-refractivity contribution in [3.8, 4) is 5.75 Å². The molecule has 6 heteroatoms. The first-order valence-corrected chi connectivity index (χ1v) is 11.2. The molecule has 30 heavy (non-hydrogen) atoms. The summed E-state index contributed by atoms with van der Waals surface area (Å²) in [6.07, 6.45) is 1.60. The van der Waals surface area contributed by atoms with Gasteiger partial charge in [-0.05, 0) is 37.3 Å². The van der Waals surface area contributed by atoms with Gasteiger partial charge >= 0.3 is 0 Å². The number of sulfonamides is 1. The molecule has 0 amide bonds. The van der Waals surface area contributed by atoms with E-state index in [1.807, 2.05) is 61.5 Å². The van der Waals surface area contributed by atoms with E-state index in [0.717, 1.165) is 16.5 Å². The first-order chi connectivity index (χ1) is 14.6. The maximum Gasteiger partial charge on any atom is 0.264 e. The lowest BCUT2D eigenvalue weighted by Gasteiger charge is -2.25. The SMILES string of the molecule is CCOc1ccccc1CN(c1cnc2ccccc2c1)S(=O)(=O)c1ccccc1. The summed E-state index contributed by atoms with van der Waals surface area (Å²) >= 11 is 0. The molecule has 3 aromatic carbocycles. The van der Waals surface area contributed by atoms with E-state index in [1.54, 1.807) is 36.5 Å². The summed E-state index contributed by atoms with van der Waals surface area (Å²) in [6.45, 7) is 2.54. The van der Waals surface area contributed by atoms with E-state index in [4.69, 9.17) is 4.74 Å². The quantitative estimate of drug-likeness (QED) is 0.422. The van der Waals surface area contributed by atoms with E-state index in [1.165, 1.54) is 4.31 Å². The molecule has 0 bridgehead atoms. The van der Waals surface area contributed by atoms with Crippen LogP contribution >= 0.6 is 0 Å². The Kier molecular flexibility index (Phi) is 5.68. The summed E-state index contributed by atoms with van der Waals surface area (Å²) in [5.74, 6) is 0.669. The highest BCUT2D eigenvalue weighted by Crippen LogP contribution is 2.30. The summed E-state index contributed by atoms with van der Waals surface area (Å²) in [5.41, 5.74) is 2.10. The van der Waals surface area contributed by atoms with E-state index >= 15 is 0 Å². The molecule has 0 saturated heterocycles. The third-order valence-corrected chi connectivity index (χ3v) is 6.57. The van der Waals surface area contributed by atoms with Crippen LogP contribution in [-0.2, 0) is 16.6 Å². The summed E-state index contributed by atoms with van der Waals surface area (Å²) in [6, 6.07) is 25.4. The second kappa shape index (κ2) is 8.55. The highest BCUT2D eigenvalue weighted by Gasteiger charge is 2.26. The number of anilines is 1. The van der Waals surface area contributed by atoms with Crippen molar-refractivity contribution in [1.82, 2.24) is 4.98 Å². The lowest BCUT2D eigenvalue weighted by Crippen LogP contribution is -2.31. The molecule has 0 radical (unpaired) electrons. The van der Waals surface area contributed by atoms with Crippen molar-refractivity contribution in [3.05, 3.63) is 96.7 Å². The van der Waals surface area contributed by atoms with Crippen LogP contribution in [0.3, 0.4) is 0 Å². The molecule has 1 aromatic heterocycles. The van der Waals surface area contributed by atoms with Gasteiger partial charge in [0.2, 0.25) is 0 Å². The summed E-state index contributed by atoms with van der Waals surface area (Å²) < 4.78 is 34.3. The lowest BCUT2D eigenvalue weighted by molar-refractivity contribution is 0.336. The van der Waals surface area contributed by atoms with Crippen molar-refractivity contribution in [2.45, 2.75) is 18.4 Å². The highest BCUT2D eigenvalue weighted by atomic mass is 32.2. The van der Waals surface area contributed by atoms with Crippen LogP contribution in [0.1, 0.15) is 12.5 Å². The number of benzene rings is 3. The Morgan fingerprint density at radius 2 is 1.60 bits per heavy atom. The molecule has 0 spiro atoms. The standard InChI is InChI=1S/C24H22N2O3S/c1-2-29-24-15-9-7-11-20(24)18-26(30(27,28)22-12-4-3-5-13-22)21-16-19-10-6-8-14-23(19)25-17-21/h3-17H,2,18H2,1H3. The van der Waals surface area contributed by atoms with E-state index in [-0.39, 0.29) is 11.4 Å². The average Bonchev–Trinajstić information content (AvgIpc) is 2.79. The first-order valence-electron chi connectivity index (χ1n) is 9.73. The summed E-state index contributed by atoms with van der Waals surface area (Å²) in [5, 5.41) is 0.876. The van der Waals surface area contributed by atoms with Gasteiger partial charge in [0.05, 0.1) is 35.4 Å². The number of ether oxygens (including phenoxy) is 1. The van der Waals surface area contributed by atoms with Gasteiger partial charge < -0.3 is 4.74 Å². The van der Waals surface area contributed by atoms with Gasteiger partial charge in [-0.2, -0.15) is 0 Å². The Morgan fingerprint density at radius 3 is 2.40 bits per heavy atom. The second-order valence-corrected chi connectivity index (χ2v) is 8.61. The molecule has 4 aromatic rings. The van der Waals surface area contributed by atoms with Gasteiger partial charge in [0.25, 0.3) is 10.0 Å². The fraction of sp³-hybridized carbons (Fsp3) is 0.125. The molecule has 0 fully saturated rings. The Balaban J connectivity index is 1.84. The minimum atomic E-state index is -3.81. The van der Waals surface area contributed by atoms with Crippen molar-refractivity contribution in [2.75, 3.05) is 10.9 Å². The number of rotatable bonds is 7. The third-order valence-electron chi connectivity index (χ3n) is 4.78. The van der Waals surface area contributed by atoms with Crippen LogP contribution in [-0.4, -0.2) is 20.0 Å². The topological polar surface area (TPSA) is 59.5 Å². The Bertz CT molecular complexity index is 1260. The molecule has 5 nitrogen and oxygen atoms in total. The average molecular weight is 419 g/mol. The van der Waals surface area contributed by atoms with Crippen LogP contribution < -0.4 is 9.04 Å². The normalized spacial score (nSPS) is 11.4. The van der Waals surface area contributed by atoms with Gasteiger partial charge in [0.15, 0.2) is 0 Å². The molecule has 0 saturated carbocycles. The van der Waals surface area contributed by atoms with Crippen molar-refractivity contribution in [2.24, 2.45) is 0 Å². The van der Waals surface area contributed by atoms with E-state index in [2.05, 4.69) is 4.98 Å². The van der Waals surface area contributed by atoms with E-state index in [9.17, 15) is 8.42 Å². The summed E-state index contributed by atoms with van der Waals surface area (Å²) in [4.78, 5) is 4.70. The van der Waals surface area contributed by atoms with E-state index < -0.39 is 10.0 Å². The number of para-hydroxylation sites is 2. The van der Waals surface area contributed by atoms with Gasteiger partial charge in [0.1, 0.15) is 5.75 Å². The van der Waals surface area contributed by atoms with Crippen LogP contribution in [0.5, 0.6) is 5.75 Å². The fourth-order valence-corrected chi connectivity index (χ4v) is 4.76. The minimum absolute atomic E-state index is 0.132. The second-order valence-electron chi connectivity index (χ2n) is 6.75. The smallest absolute Gasteiger partial charge is 0.264 e. The monoisotopic (exact) mass is 418 g/mol. The van der Waals surface area contributed by atoms with E-state index in [0.29, 0.717) is 18.0 Å². The van der Waals surface area contributed by atoms with Gasteiger partial charge in [0, 0.05) is 10.9 Å². The van der Waals surface area contributed by atoms with Gasteiger partial charge in [-0.1, -0.05) is 54.6 Å². The molecule has 0 aliphatic heterocycles. The number of aromatic nitrogens is 1. The zero-order valence-electron chi connectivity index (χ0n) is 16.6. The number of hydrogen-bond acceptors (Lipinski definition) is 4. The number of pyridine rings is 1. The maximum atomic E-state index is 13.6. The molecule has 152 valence electrons. The molecule has 0 unspecified atom stereocenters. The fourth-order valence-electron chi connectivity index (χ4n) is 3.32. The number of nitrogens with zero attached hydrogens (tertiary/aromatic N) is 2. The Hall–Kier alpha value is -3.38. The molecule has 1 heterocycles. The van der Waals surface area contributed by atoms with Crippen LogP contribution in [0.15, 0.2) is 96.0 Å². The minimum Gasteiger partial charge on any atom is -0.494 e. The highest BCUT2D eigenvalue weighted by molar-refractivity contribution is 7.92. The molecule has 0 atom stereocenters.